The highest BCUT2D eigenvalue weighted by Crippen LogP contribution is 1.88. The van der Waals surface area contributed by atoms with E-state index in [2.05, 4.69) is 27.1 Å². The van der Waals surface area contributed by atoms with Crippen molar-refractivity contribution in [2.45, 2.75) is 26.3 Å². The molecule has 0 spiro atoms. The summed E-state index contributed by atoms with van der Waals surface area (Å²) >= 11 is 5.09. The molecule has 5 heteroatoms. The highest BCUT2D eigenvalue weighted by Gasteiger charge is 1.93. The van der Waals surface area contributed by atoms with Gasteiger partial charge in [0.1, 0.15) is 0 Å². The van der Waals surface area contributed by atoms with Gasteiger partial charge >= 0.3 is 0 Å². The van der Waals surface area contributed by atoms with E-state index in [4.69, 9.17) is 12.2 Å². The molecule has 15 heavy (non-hydrogen) atoms. The Bertz CT molecular complexity index is 271. The van der Waals surface area contributed by atoms with Crippen LogP contribution in [0.4, 0.5) is 0 Å². The monoisotopic (exact) mass is 226 g/mol. The van der Waals surface area contributed by atoms with Crippen LogP contribution in [0.25, 0.3) is 0 Å². The Hall–Kier alpha value is -1.10. The van der Waals surface area contributed by atoms with Crippen molar-refractivity contribution in [3.63, 3.8) is 0 Å². The lowest BCUT2D eigenvalue weighted by Gasteiger charge is -2.09. The van der Waals surface area contributed by atoms with Gasteiger partial charge in [-0.05, 0) is 25.1 Å². The van der Waals surface area contributed by atoms with Crippen molar-refractivity contribution in [1.29, 1.82) is 0 Å². The zero-order valence-corrected chi connectivity index (χ0v) is 9.89. The van der Waals surface area contributed by atoms with Crippen molar-refractivity contribution < 1.29 is 0 Å². The van der Waals surface area contributed by atoms with Gasteiger partial charge < -0.3 is 15.2 Å². The number of nitrogens with one attached hydrogen (secondary N) is 2. The van der Waals surface area contributed by atoms with E-state index in [9.17, 15) is 0 Å². The number of aryl methyl sites for hydroxylation is 1. The average molecular weight is 226 g/mol. The summed E-state index contributed by atoms with van der Waals surface area (Å²) in [5, 5.41) is 7.05. The zero-order valence-electron chi connectivity index (χ0n) is 9.07. The van der Waals surface area contributed by atoms with Gasteiger partial charge in [0.15, 0.2) is 5.11 Å². The van der Waals surface area contributed by atoms with Gasteiger partial charge in [0.05, 0.1) is 6.33 Å². The van der Waals surface area contributed by atoms with Crippen molar-refractivity contribution >= 4 is 17.3 Å². The maximum atomic E-state index is 5.09. The molecule has 0 aliphatic heterocycles. The Balaban J connectivity index is 1.99. The van der Waals surface area contributed by atoms with Gasteiger partial charge in [-0.2, -0.15) is 0 Å². The fraction of sp³-hybridized carbons (Fsp3) is 0.600. The first kappa shape index (κ1) is 12.0. The Labute approximate surface area is 96.1 Å². The summed E-state index contributed by atoms with van der Waals surface area (Å²) in [5.74, 6) is 0. The lowest BCUT2D eigenvalue weighted by molar-refractivity contribution is 0.627. The van der Waals surface area contributed by atoms with Crippen molar-refractivity contribution in [3.05, 3.63) is 18.7 Å². The molecule has 0 aliphatic carbocycles. The fourth-order valence-electron chi connectivity index (χ4n) is 1.18. The van der Waals surface area contributed by atoms with Crippen LogP contribution in [0.15, 0.2) is 18.7 Å². The minimum atomic E-state index is 0.752. The molecule has 0 saturated heterocycles. The van der Waals surface area contributed by atoms with Gasteiger partial charge in [-0.3, -0.25) is 0 Å². The summed E-state index contributed by atoms with van der Waals surface area (Å²) in [6, 6.07) is 0. The molecule has 1 aromatic rings. The van der Waals surface area contributed by atoms with Crippen molar-refractivity contribution in [1.82, 2.24) is 20.2 Å². The second-order valence-corrected chi connectivity index (χ2v) is 3.74. The summed E-state index contributed by atoms with van der Waals surface area (Å²) in [4.78, 5) is 3.98. The van der Waals surface area contributed by atoms with E-state index in [0.29, 0.717) is 0 Å². The van der Waals surface area contributed by atoms with Crippen molar-refractivity contribution in [2.24, 2.45) is 0 Å². The lowest BCUT2D eigenvalue weighted by atomic mass is 10.4. The molecule has 0 aromatic carbocycles. The normalized spacial score (nSPS) is 9.93. The summed E-state index contributed by atoms with van der Waals surface area (Å²) in [5.41, 5.74) is 0. The molecule has 1 heterocycles. The van der Waals surface area contributed by atoms with E-state index in [0.717, 1.165) is 37.6 Å². The van der Waals surface area contributed by atoms with E-state index >= 15 is 0 Å². The Morgan fingerprint density at radius 2 is 2.20 bits per heavy atom. The van der Waals surface area contributed by atoms with Gasteiger partial charge in [0.25, 0.3) is 0 Å². The Morgan fingerprint density at radius 1 is 1.40 bits per heavy atom. The Kier molecular flexibility index (Phi) is 5.77. The van der Waals surface area contributed by atoms with Crippen LogP contribution in [0.3, 0.4) is 0 Å². The molecule has 0 unspecified atom stereocenters. The third kappa shape index (κ3) is 5.37. The maximum absolute atomic E-state index is 5.09. The number of hydrogen-bond acceptors (Lipinski definition) is 2. The number of imidazole rings is 1. The van der Waals surface area contributed by atoms with Crippen LogP contribution in [-0.2, 0) is 6.54 Å². The molecular formula is C10H18N4S. The predicted octanol–water partition coefficient (Wildman–Crippen LogP) is 1.15. The van der Waals surface area contributed by atoms with E-state index in [1.165, 1.54) is 0 Å². The SMILES string of the molecule is CCCNC(=S)NCCCn1ccnc1. The van der Waals surface area contributed by atoms with E-state index in [1.54, 1.807) is 6.20 Å². The molecule has 84 valence electrons. The van der Waals surface area contributed by atoms with Crippen molar-refractivity contribution in [2.75, 3.05) is 13.1 Å². The van der Waals surface area contributed by atoms with Gasteiger partial charge in [-0.15, -0.1) is 0 Å². The van der Waals surface area contributed by atoms with Crippen LogP contribution in [-0.4, -0.2) is 27.8 Å². The molecule has 0 fully saturated rings. The highest BCUT2D eigenvalue weighted by atomic mass is 32.1. The molecule has 0 bridgehead atoms. The first-order chi connectivity index (χ1) is 7.33. The molecule has 1 rings (SSSR count). The second-order valence-electron chi connectivity index (χ2n) is 3.34. The number of rotatable bonds is 6. The molecule has 0 amide bonds. The summed E-state index contributed by atoms with van der Waals surface area (Å²) in [7, 11) is 0. The van der Waals surface area contributed by atoms with Gasteiger partial charge in [0, 0.05) is 32.0 Å². The van der Waals surface area contributed by atoms with Crippen LogP contribution in [0.2, 0.25) is 0 Å². The third-order valence-corrected chi connectivity index (χ3v) is 2.26. The maximum Gasteiger partial charge on any atom is 0.166 e. The van der Waals surface area contributed by atoms with E-state index in [-0.39, 0.29) is 0 Å². The van der Waals surface area contributed by atoms with Crippen LogP contribution in [0.1, 0.15) is 19.8 Å². The zero-order chi connectivity index (χ0) is 10.9. The highest BCUT2D eigenvalue weighted by molar-refractivity contribution is 7.80. The molecular weight excluding hydrogens is 208 g/mol. The lowest BCUT2D eigenvalue weighted by Crippen LogP contribution is -2.36. The van der Waals surface area contributed by atoms with Crippen LogP contribution in [0, 0.1) is 0 Å². The number of thiocarbonyl (C=S) groups is 1. The summed E-state index contributed by atoms with van der Waals surface area (Å²) in [6.45, 7) is 4.93. The first-order valence-corrected chi connectivity index (χ1v) is 5.71. The smallest absolute Gasteiger partial charge is 0.166 e. The fourth-order valence-corrected chi connectivity index (χ4v) is 1.39. The molecule has 1 aromatic heterocycles. The summed E-state index contributed by atoms with van der Waals surface area (Å²) < 4.78 is 2.06. The molecule has 4 nitrogen and oxygen atoms in total. The first-order valence-electron chi connectivity index (χ1n) is 5.30. The third-order valence-electron chi connectivity index (χ3n) is 1.97. The van der Waals surface area contributed by atoms with Gasteiger partial charge in [-0.1, -0.05) is 6.92 Å². The quantitative estimate of drug-likeness (QED) is 0.564. The summed E-state index contributed by atoms with van der Waals surface area (Å²) in [6.07, 6.45) is 7.73. The van der Waals surface area contributed by atoms with Crippen LogP contribution < -0.4 is 10.6 Å². The van der Waals surface area contributed by atoms with Crippen molar-refractivity contribution in [3.8, 4) is 0 Å². The molecule has 0 atom stereocenters. The molecule has 0 saturated carbocycles. The van der Waals surface area contributed by atoms with Crippen LogP contribution in [0.5, 0.6) is 0 Å². The average Bonchev–Trinajstić information content (AvgIpc) is 2.74. The second kappa shape index (κ2) is 7.23. The number of nitrogens with zero attached hydrogens (tertiary/aromatic N) is 2. The number of aromatic nitrogens is 2. The molecule has 0 radical (unpaired) electrons. The minimum absolute atomic E-state index is 0.752. The predicted molar refractivity (Wildman–Crippen MR) is 65.7 cm³/mol. The Morgan fingerprint density at radius 3 is 2.87 bits per heavy atom. The van der Waals surface area contributed by atoms with Gasteiger partial charge in [-0.25, -0.2) is 4.98 Å². The minimum Gasteiger partial charge on any atom is -0.363 e. The molecule has 0 aliphatic rings. The topological polar surface area (TPSA) is 41.9 Å². The largest absolute Gasteiger partial charge is 0.363 e. The number of hydrogen-bond donors (Lipinski definition) is 2. The van der Waals surface area contributed by atoms with E-state index < -0.39 is 0 Å². The molecule has 2 N–H and O–H groups in total. The standard InChI is InChI=1S/C10H18N4S/c1-2-4-12-10(15)13-5-3-7-14-8-6-11-9-14/h6,8-9H,2-5,7H2,1H3,(H2,12,13,15). The van der Waals surface area contributed by atoms with Gasteiger partial charge in [0.2, 0.25) is 0 Å². The van der Waals surface area contributed by atoms with Crippen LogP contribution >= 0.6 is 12.2 Å². The van der Waals surface area contributed by atoms with E-state index in [1.807, 2.05) is 12.5 Å².